The van der Waals surface area contributed by atoms with Crippen LogP contribution in [0.5, 0.6) is 0 Å². The number of unbranched alkanes of at least 4 members (excludes halogenated alkanes) is 1. The molecule has 0 bridgehead atoms. The molecule has 2 amide bonds. The number of hydrogen-bond donors (Lipinski definition) is 1. The highest BCUT2D eigenvalue weighted by Gasteiger charge is 2.12. The van der Waals surface area contributed by atoms with Crippen LogP contribution in [0.2, 0.25) is 0 Å². The van der Waals surface area contributed by atoms with Crippen molar-refractivity contribution in [2.24, 2.45) is 0 Å². The normalized spacial score (nSPS) is 12.3. The Labute approximate surface area is 94.2 Å². The number of carbonyl (C=O) groups is 1. The van der Waals surface area contributed by atoms with Gasteiger partial charge in [-0.25, -0.2) is 4.79 Å². The van der Waals surface area contributed by atoms with Crippen LogP contribution < -0.4 is 5.32 Å². The van der Waals surface area contributed by atoms with E-state index in [0.29, 0.717) is 6.04 Å². The zero-order valence-corrected chi connectivity index (χ0v) is 10.7. The van der Waals surface area contributed by atoms with Crippen LogP contribution in [0.25, 0.3) is 0 Å². The smallest absolute Gasteiger partial charge is 0.317 e. The van der Waals surface area contributed by atoms with Gasteiger partial charge in [0.1, 0.15) is 0 Å². The van der Waals surface area contributed by atoms with E-state index in [1.165, 1.54) is 12.8 Å². The average Bonchev–Trinajstić information content (AvgIpc) is 2.24. The van der Waals surface area contributed by atoms with E-state index < -0.39 is 0 Å². The fourth-order valence-corrected chi connectivity index (χ4v) is 1.52. The number of amides is 2. The van der Waals surface area contributed by atoms with Gasteiger partial charge in [0.15, 0.2) is 0 Å². The highest BCUT2D eigenvalue weighted by molar-refractivity contribution is 5.74. The molecule has 0 saturated heterocycles. The highest BCUT2D eigenvalue weighted by Crippen LogP contribution is 2.07. The largest absolute Gasteiger partial charge is 0.335 e. The first-order valence-electron chi connectivity index (χ1n) is 6.17. The molecule has 90 valence electrons. The molecule has 0 radical (unpaired) electrons. The van der Waals surface area contributed by atoms with E-state index in [1.807, 2.05) is 14.0 Å². The fraction of sp³-hybridized carbons (Fsp3) is 0.917. The summed E-state index contributed by atoms with van der Waals surface area (Å²) in [7, 11) is 1.83. The van der Waals surface area contributed by atoms with Gasteiger partial charge in [-0.15, -0.1) is 0 Å². The second-order valence-electron chi connectivity index (χ2n) is 4.09. The van der Waals surface area contributed by atoms with Crippen LogP contribution in [0.1, 0.15) is 52.9 Å². The molecule has 0 aromatic rings. The summed E-state index contributed by atoms with van der Waals surface area (Å²) in [6.07, 6.45) is 5.71. The Morgan fingerprint density at radius 3 is 2.33 bits per heavy atom. The lowest BCUT2D eigenvalue weighted by Crippen LogP contribution is -2.42. The Morgan fingerprint density at radius 1 is 1.20 bits per heavy atom. The lowest BCUT2D eigenvalue weighted by Gasteiger charge is -2.22. The highest BCUT2D eigenvalue weighted by atomic mass is 16.2. The number of carbonyl (C=O) groups excluding carboxylic acids is 1. The van der Waals surface area contributed by atoms with E-state index >= 15 is 0 Å². The number of rotatable bonds is 7. The maximum Gasteiger partial charge on any atom is 0.317 e. The fourth-order valence-electron chi connectivity index (χ4n) is 1.52. The maximum atomic E-state index is 11.6. The van der Waals surface area contributed by atoms with E-state index in [2.05, 4.69) is 19.2 Å². The minimum Gasteiger partial charge on any atom is -0.335 e. The molecule has 0 aliphatic carbocycles. The molecule has 0 rings (SSSR count). The zero-order valence-electron chi connectivity index (χ0n) is 10.7. The van der Waals surface area contributed by atoms with Crippen molar-refractivity contribution >= 4 is 6.03 Å². The van der Waals surface area contributed by atoms with Crippen molar-refractivity contribution in [1.29, 1.82) is 0 Å². The molecule has 0 heterocycles. The van der Waals surface area contributed by atoms with E-state index in [9.17, 15) is 4.79 Å². The molecule has 3 nitrogen and oxygen atoms in total. The molecule has 0 aromatic heterocycles. The molecule has 0 saturated carbocycles. The summed E-state index contributed by atoms with van der Waals surface area (Å²) < 4.78 is 0. The topological polar surface area (TPSA) is 32.3 Å². The molecular weight excluding hydrogens is 188 g/mol. The molecule has 1 unspecified atom stereocenters. The molecule has 0 fully saturated rings. The average molecular weight is 214 g/mol. The van der Waals surface area contributed by atoms with Gasteiger partial charge < -0.3 is 10.2 Å². The van der Waals surface area contributed by atoms with Gasteiger partial charge in [0.25, 0.3) is 0 Å². The SMILES string of the molecule is CCCCC(CCC)NC(=O)N(C)CC. The molecule has 0 aliphatic rings. The Kier molecular flexibility index (Phi) is 8.15. The second-order valence-corrected chi connectivity index (χ2v) is 4.09. The van der Waals surface area contributed by atoms with Gasteiger partial charge in [0.2, 0.25) is 0 Å². The van der Waals surface area contributed by atoms with Crippen LogP contribution in [0.4, 0.5) is 4.79 Å². The molecule has 1 atom stereocenters. The summed E-state index contributed by atoms with van der Waals surface area (Å²) in [4.78, 5) is 13.4. The van der Waals surface area contributed by atoms with Gasteiger partial charge in [0, 0.05) is 19.6 Å². The Hall–Kier alpha value is -0.730. The van der Waals surface area contributed by atoms with Crippen molar-refractivity contribution in [3.63, 3.8) is 0 Å². The standard InChI is InChI=1S/C12H26N2O/c1-5-8-10-11(9-6-2)13-12(15)14(4)7-3/h11H,5-10H2,1-4H3,(H,13,15). The van der Waals surface area contributed by atoms with Crippen LogP contribution in [-0.4, -0.2) is 30.6 Å². The van der Waals surface area contributed by atoms with Gasteiger partial charge in [-0.2, -0.15) is 0 Å². The third kappa shape index (κ3) is 6.37. The summed E-state index contributed by atoms with van der Waals surface area (Å²) >= 11 is 0. The predicted molar refractivity (Wildman–Crippen MR) is 65.1 cm³/mol. The minimum atomic E-state index is 0.0621. The molecule has 1 N–H and O–H groups in total. The molecule has 0 aliphatic heterocycles. The summed E-state index contributed by atoms with van der Waals surface area (Å²) in [6.45, 7) is 7.09. The van der Waals surface area contributed by atoms with E-state index in [-0.39, 0.29) is 6.03 Å². The third-order valence-electron chi connectivity index (χ3n) is 2.69. The monoisotopic (exact) mass is 214 g/mol. The minimum absolute atomic E-state index is 0.0621. The molecule has 0 spiro atoms. The first kappa shape index (κ1) is 14.3. The molecule has 0 aromatic carbocycles. The summed E-state index contributed by atoms with van der Waals surface area (Å²) in [5.41, 5.74) is 0. The molecule has 15 heavy (non-hydrogen) atoms. The lowest BCUT2D eigenvalue weighted by molar-refractivity contribution is 0.205. The second kappa shape index (κ2) is 8.57. The van der Waals surface area contributed by atoms with Crippen LogP contribution in [0.15, 0.2) is 0 Å². The van der Waals surface area contributed by atoms with Gasteiger partial charge in [-0.3, -0.25) is 0 Å². The Bertz CT molecular complexity index is 171. The molecular formula is C12H26N2O. The zero-order chi connectivity index (χ0) is 11.7. The summed E-state index contributed by atoms with van der Waals surface area (Å²) in [5.74, 6) is 0. The van der Waals surface area contributed by atoms with Crippen molar-refractivity contribution < 1.29 is 4.79 Å². The van der Waals surface area contributed by atoms with Gasteiger partial charge in [0.05, 0.1) is 0 Å². The van der Waals surface area contributed by atoms with Crippen molar-refractivity contribution in [3.8, 4) is 0 Å². The van der Waals surface area contributed by atoms with Crippen LogP contribution in [0.3, 0.4) is 0 Å². The van der Waals surface area contributed by atoms with Crippen molar-refractivity contribution in [2.75, 3.05) is 13.6 Å². The first-order chi connectivity index (χ1) is 7.15. The number of urea groups is 1. The van der Waals surface area contributed by atoms with Crippen molar-refractivity contribution in [3.05, 3.63) is 0 Å². The van der Waals surface area contributed by atoms with E-state index in [4.69, 9.17) is 0 Å². The van der Waals surface area contributed by atoms with Crippen LogP contribution in [-0.2, 0) is 0 Å². The molecule has 3 heteroatoms. The quantitative estimate of drug-likeness (QED) is 0.694. The predicted octanol–water partition coefficient (Wildman–Crippen LogP) is 3.01. The number of nitrogens with one attached hydrogen (secondary N) is 1. The van der Waals surface area contributed by atoms with Crippen LogP contribution >= 0.6 is 0 Å². The number of nitrogens with zero attached hydrogens (tertiary/aromatic N) is 1. The van der Waals surface area contributed by atoms with Crippen molar-refractivity contribution in [1.82, 2.24) is 10.2 Å². The third-order valence-corrected chi connectivity index (χ3v) is 2.69. The van der Waals surface area contributed by atoms with Crippen LogP contribution in [0, 0.1) is 0 Å². The van der Waals surface area contributed by atoms with Crippen molar-refractivity contribution in [2.45, 2.75) is 58.9 Å². The summed E-state index contributed by atoms with van der Waals surface area (Å²) in [5, 5.41) is 3.09. The lowest BCUT2D eigenvalue weighted by atomic mass is 10.1. The summed E-state index contributed by atoms with van der Waals surface area (Å²) in [6, 6.07) is 0.420. The number of hydrogen-bond acceptors (Lipinski definition) is 1. The Balaban J connectivity index is 3.97. The van der Waals surface area contributed by atoms with Gasteiger partial charge in [-0.05, 0) is 19.8 Å². The van der Waals surface area contributed by atoms with E-state index in [1.54, 1.807) is 4.90 Å². The Morgan fingerprint density at radius 2 is 1.87 bits per heavy atom. The van der Waals surface area contributed by atoms with Gasteiger partial charge in [-0.1, -0.05) is 33.1 Å². The maximum absolute atomic E-state index is 11.6. The van der Waals surface area contributed by atoms with Gasteiger partial charge >= 0.3 is 6.03 Å². The first-order valence-corrected chi connectivity index (χ1v) is 6.17. The van der Waals surface area contributed by atoms with E-state index in [0.717, 1.165) is 25.8 Å².